The third kappa shape index (κ3) is 1.51. The molecule has 72 valence electrons. The molecule has 0 aliphatic heterocycles. The van der Waals surface area contributed by atoms with Gasteiger partial charge in [-0.05, 0) is 19.1 Å². The van der Waals surface area contributed by atoms with Crippen LogP contribution in [0.3, 0.4) is 0 Å². The SMILES string of the molecule is CC(=O)Cc1nn2ccccc2c1Cl. The highest BCUT2D eigenvalue weighted by molar-refractivity contribution is 6.34. The lowest BCUT2D eigenvalue weighted by molar-refractivity contribution is -0.116. The van der Waals surface area contributed by atoms with Gasteiger partial charge < -0.3 is 0 Å². The molecule has 0 saturated heterocycles. The molecule has 14 heavy (non-hydrogen) atoms. The molecule has 0 N–H and O–H groups in total. The summed E-state index contributed by atoms with van der Waals surface area (Å²) in [5.41, 5.74) is 1.48. The summed E-state index contributed by atoms with van der Waals surface area (Å²) in [5.74, 6) is 0.0651. The second-order valence-electron chi connectivity index (χ2n) is 3.17. The first-order chi connectivity index (χ1) is 6.68. The monoisotopic (exact) mass is 208 g/mol. The Balaban J connectivity index is 2.57. The van der Waals surface area contributed by atoms with Crippen LogP contribution in [0.4, 0.5) is 0 Å². The first-order valence-corrected chi connectivity index (χ1v) is 4.67. The predicted molar refractivity (Wildman–Crippen MR) is 54.6 cm³/mol. The van der Waals surface area contributed by atoms with Crippen molar-refractivity contribution >= 4 is 22.9 Å². The fourth-order valence-corrected chi connectivity index (χ4v) is 1.62. The molecular formula is C10H9ClN2O. The number of nitrogens with zero attached hydrogens (tertiary/aromatic N) is 2. The number of aromatic nitrogens is 2. The van der Waals surface area contributed by atoms with Gasteiger partial charge in [0.05, 0.1) is 22.7 Å². The fourth-order valence-electron chi connectivity index (χ4n) is 1.37. The number of Topliss-reactive ketones (excluding diaryl/α,β-unsaturated/α-hetero) is 1. The van der Waals surface area contributed by atoms with Crippen LogP contribution in [0.2, 0.25) is 5.02 Å². The van der Waals surface area contributed by atoms with Crippen LogP contribution in [-0.2, 0) is 11.2 Å². The largest absolute Gasteiger partial charge is 0.300 e. The average molecular weight is 209 g/mol. The van der Waals surface area contributed by atoms with E-state index in [0.717, 1.165) is 5.52 Å². The Kier molecular flexibility index (Phi) is 2.25. The van der Waals surface area contributed by atoms with Gasteiger partial charge >= 0.3 is 0 Å². The van der Waals surface area contributed by atoms with Gasteiger partial charge in [-0.25, -0.2) is 4.52 Å². The first kappa shape index (κ1) is 9.21. The normalized spacial score (nSPS) is 10.7. The summed E-state index contributed by atoms with van der Waals surface area (Å²) in [5, 5.41) is 4.79. The number of carbonyl (C=O) groups is 1. The quantitative estimate of drug-likeness (QED) is 0.758. The van der Waals surface area contributed by atoms with Crippen molar-refractivity contribution in [3.05, 3.63) is 35.1 Å². The van der Waals surface area contributed by atoms with Crippen LogP contribution in [0.25, 0.3) is 5.52 Å². The molecule has 2 aromatic rings. The van der Waals surface area contributed by atoms with Gasteiger partial charge in [0, 0.05) is 6.20 Å². The number of hydrogen-bond acceptors (Lipinski definition) is 2. The van der Waals surface area contributed by atoms with E-state index in [0.29, 0.717) is 17.1 Å². The average Bonchev–Trinajstić information content (AvgIpc) is 2.44. The van der Waals surface area contributed by atoms with Crippen LogP contribution >= 0.6 is 11.6 Å². The van der Waals surface area contributed by atoms with Crippen molar-refractivity contribution in [2.45, 2.75) is 13.3 Å². The molecule has 2 rings (SSSR count). The zero-order chi connectivity index (χ0) is 10.1. The maximum atomic E-state index is 10.9. The predicted octanol–water partition coefficient (Wildman–Crippen LogP) is 2.12. The highest BCUT2D eigenvalue weighted by Gasteiger charge is 2.11. The van der Waals surface area contributed by atoms with Crippen LogP contribution in [-0.4, -0.2) is 15.4 Å². The molecule has 0 spiro atoms. The molecule has 0 aliphatic rings. The second kappa shape index (κ2) is 3.42. The lowest BCUT2D eigenvalue weighted by atomic mass is 10.2. The van der Waals surface area contributed by atoms with Crippen LogP contribution in [0.1, 0.15) is 12.6 Å². The Morgan fingerprint density at radius 1 is 1.57 bits per heavy atom. The van der Waals surface area contributed by atoms with Crippen LogP contribution in [0, 0.1) is 0 Å². The lowest BCUT2D eigenvalue weighted by Gasteiger charge is -1.89. The van der Waals surface area contributed by atoms with Gasteiger partial charge in [-0.15, -0.1) is 0 Å². The Morgan fingerprint density at radius 3 is 3.00 bits per heavy atom. The Hall–Kier alpha value is -1.35. The van der Waals surface area contributed by atoms with Gasteiger partial charge in [0.15, 0.2) is 0 Å². The van der Waals surface area contributed by atoms with E-state index >= 15 is 0 Å². The summed E-state index contributed by atoms with van der Waals surface area (Å²) < 4.78 is 1.68. The summed E-state index contributed by atoms with van der Waals surface area (Å²) >= 11 is 6.07. The zero-order valence-electron chi connectivity index (χ0n) is 7.70. The number of rotatable bonds is 2. The molecule has 0 radical (unpaired) electrons. The maximum Gasteiger partial charge on any atom is 0.135 e. The summed E-state index contributed by atoms with van der Waals surface area (Å²) in [6.45, 7) is 1.53. The number of pyridine rings is 1. The molecule has 0 saturated carbocycles. The highest BCUT2D eigenvalue weighted by Crippen LogP contribution is 2.21. The van der Waals surface area contributed by atoms with Crippen molar-refractivity contribution in [3.8, 4) is 0 Å². The molecular weight excluding hydrogens is 200 g/mol. The third-order valence-corrected chi connectivity index (χ3v) is 2.37. The standard InChI is InChI=1S/C10H9ClN2O/c1-7(14)6-8-10(11)9-4-2-3-5-13(9)12-8/h2-5H,6H2,1H3. The maximum absolute atomic E-state index is 10.9. The van der Waals surface area contributed by atoms with Crippen molar-refractivity contribution in [2.24, 2.45) is 0 Å². The van der Waals surface area contributed by atoms with Gasteiger partial charge in [0.2, 0.25) is 0 Å². The van der Waals surface area contributed by atoms with Crippen LogP contribution in [0.5, 0.6) is 0 Å². The highest BCUT2D eigenvalue weighted by atomic mass is 35.5. The Labute approximate surface area is 86.3 Å². The molecule has 2 heterocycles. The van der Waals surface area contributed by atoms with Gasteiger partial charge in [-0.2, -0.15) is 5.10 Å². The minimum Gasteiger partial charge on any atom is -0.300 e. The topological polar surface area (TPSA) is 34.4 Å². The number of halogens is 1. The summed E-state index contributed by atoms with van der Waals surface area (Å²) in [7, 11) is 0. The molecule has 0 aromatic carbocycles. The minimum atomic E-state index is 0.0651. The van der Waals surface area contributed by atoms with Crippen molar-refractivity contribution in [2.75, 3.05) is 0 Å². The van der Waals surface area contributed by atoms with Gasteiger partial charge in [0.25, 0.3) is 0 Å². The molecule has 0 unspecified atom stereocenters. The van der Waals surface area contributed by atoms with E-state index in [2.05, 4.69) is 5.10 Å². The summed E-state index contributed by atoms with van der Waals surface area (Å²) in [6.07, 6.45) is 2.10. The Morgan fingerprint density at radius 2 is 2.36 bits per heavy atom. The lowest BCUT2D eigenvalue weighted by Crippen LogP contribution is -1.97. The van der Waals surface area contributed by atoms with Crippen molar-refractivity contribution in [3.63, 3.8) is 0 Å². The van der Waals surface area contributed by atoms with E-state index in [1.807, 2.05) is 24.4 Å². The number of ketones is 1. The summed E-state index contributed by atoms with van der Waals surface area (Å²) in [4.78, 5) is 10.9. The van der Waals surface area contributed by atoms with E-state index in [1.165, 1.54) is 6.92 Å². The van der Waals surface area contributed by atoms with E-state index < -0.39 is 0 Å². The molecule has 4 heteroatoms. The number of fused-ring (bicyclic) bond motifs is 1. The molecule has 0 atom stereocenters. The van der Waals surface area contributed by atoms with Gasteiger partial charge in [-0.3, -0.25) is 4.79 Å². The fraction of sp³-hybridized carbons (Fsp3) is 0.200. The zero-order valence-corrected chi connectivity index (χ0v) is 8.45. The van der Waals surface area contributed by atoms with Gasteiger partial charge in [-0.1, -0.05) is 17.7 Å². The van der Waals surface area contributed by atoms with Crippen LogP contribution < -0.4 is 0 Å². The van der Waals surface area contributed by atoms with E-state index in [-0.39, 0.29) is 5.78 Å². The number of hydrogen-bond donors (Lipinski definition) is 0. The van der Waals surface area contributed by atoms with Crippen molar-refractivity contribution < 1.29 is 4.79 Å². The molecule has 0 fully saturated rings. The summed E-state index contributed by atoms with van der Waals surface area (Å²) in [6, 6.07) is 5.63. The third-order valence-electron chi connectivity index (χ3n) is 1.96. The van der Waals surface area contributed by atoms with Crippen molar-refractivity contribution in [1.29, 1.82) is 0 Å². The van der Waals surface area contributed by atoms with Gasteiger partial charge in [0.1, 0.15) is 5.78 Å². The molecule has 0 amide bonds. The molecule has 3 nitrogen and oxygen atoms in total. The smallest absolute Gasteiger partial charge is 0.135 e. The van der Waals surface area contributed by atoms with Crippen LogP contribution in [0.15, 0.2) is 24.4 Å². The second-order valence-corrected chi connectivity index (χ2v) is 3.55. The molecule has 0 aliphatic carbocycles. The van der Waals surface area contributed by atoms with Crippen molar-refractivity contribution in [1.82, 2.24) is 9.61 Å². The molecule has 0 bridgehead atoms. The van der Waals surface area contributed by atoms with E-state index in [1.54, 1.807) is 4.52 Å². The van der Waals surface area contributed by atoms with E-state index in [9.17, 15) is 4.79 Å². The van der Waals surface area contributed by atoms with E-state index in [4.69, 9.17) is 11.6 Å². The molecule has 2 aromatic heterocycles. The Bertz CT molecular complexity index is 490. The minimum absolute atomic E-state index is 0.0651. The first-order valence-electron chi connectivity index (χ1n) is 4.29. The number of carbonyl (C=O) groups excluding carboxylic acids is 1.